The topological polar surface area (TPSA) is 49.3 Å². The molecule has 0 aliphatic heterocycles. The predicted molar refractivity (Wildman–Crippen MR) is 55.7 cm³/mol. The van der Waals surface area contributed by atoms with E-state index in [2.05, 4.69) is 24.3 Å². The van der Waals surface area contributed by atoms with Crippen molar-refractivity contribution in [2.75, 3.05) is 0 Å². The molecule has 0 fully saturated rings. The van der Waals surface area contributed by atoms with E-state index in [-0.39, 0.29) is 4.58 Å². The fourth-order valence-corrected chi connectivity index (χ4v) is 1.61. The first-order valence-corrected chi connectivity index (χ1v) is 5.39. The minimum absolute atomic E-state index is 0.0765. The molecule has 1 atom stereocenters. The van der Waals surface area contributed by atoms with Crippen molar-refractivity contribution in [3.63, 3.8) is 0 Å². The molecular formula is C7H15NO2S2. The van der Waals surface area contributed by atoms with Crippen LogP contribution in [0.5, 0.6) is 0 Å². The van der Waals surface area contributed by atoms with Crippen molar-refractivity contribution in [1.82, 2.24) is 4.72 Å². The highest BCUT2D eigenvalue weighted by Gasteiger charge is 2.04. The summed E-state index contributed by atoms with van der Waals surface area (Å²) in [7, 11) is 0. The van der Waals surface area contributed by atoms with Gasteiger partial charge >= 0.3 is 6.09 Å². The molecule has 12 heavy (non-hydrogen) atoms. The highest BCUT2D eigenvalue weighted by molar-refractivity contribution is 8.09. The molecule has 0 heterocycles. The summed E-state index contributed by atoms with van der Waals surface area (Å²) in [5, 5.41) is 8.27. The molecule has 0 aromatic rings. The molecule has 5 heteroatoms. The van der Waals surface area contributed by atoms with Crippen LogP contribution in [0.15, 0.2) is 0 Å². The monoisotopic (exact) mass is 209 g/mol. The fraction of sp³-hybridized carbons (Fsp3) is 0.857. The Morgan fingerprint density at radius 2 is 2.33 bits per heavy atom. The maximum atomic E-state index is 10.1. The van der Waals surface area contributed by atoms with Gasteiger partial charge < -0.3 is 5.11 Å². The lowest BCUT2D eigenvalue weighted by molar-refractivity contribution is 0.202. The third-order valence-corrected chi connectivity index (χ3v) is 2.71. The van der Waals surface area contributed by atoms with Gasteiger partial charge in [0.15, 0.2) is 0 Å². The van der Waals surface area contributed by atoms with Gasteiger partial charge in [0.25, 0.3) is 0 Å². The van der Waals surface area contributed by atoms with Gasteiger partial charge in [-0.05, 0) is 18.4 Å². The smallest absolute Gasteiger partial charge is 0.414 e. The van der Waals surface area contributed by atoms with E-state index in [0.717, 1.165) is 24.8 Å². The summed E-state index contributed by atoms with van der Waals surface area (Å²) >= 11 is 5.36. The van der Waals surface area contributed by atoms with Gasteiger partial charge in [-0.15, -0.1) is 0 Å². The van der Waals surface area contributed by atoms with Gasteiger partial charge in [-0.3, -0.25) is 4.72 Å². The van der Waals surface area contributed by atoms with Crippen molar-refractivity contribution < 1.29 is 9.90 Å². The summed E-state index contributed by atoms with van der Waals surface area (Å²) in [4.78, 5) is 10.1. The molecule has 0 spiro atoms. The van der Waals surface area contributed by atoms with E-state index in [1.807, 2.05) is 0 Å². The molecule has 0 bridgehead atoms. The third-order valence-electron chi connectivity index (χ3n) is 1.34. The molecule has 0 aliphatic carbocycles. The quantitative estimate of drug-likeness (QED) is 0.273. The highest BCUT2D eigenvalue weighted by atomic mass is 32.2. The van der Waals surface area contributed by atoms with Gasteiger partial charge in [0.05, 0.1) is 4.58 Å². The fourth-order valence-electron chi connectivity index (χ4n) is 0.746. The van der Waals surface area contributed by atoms with Gasteiger partial charge in [-0.1, -0.05) is 26.2 Å². The molecule has 3 nitrogen and oxygen atoms in total. The summed E-state index contributed by atoms with van der Waals surface area (Å²) in [6, 6.07) is 0. The van der Waals surface area contributed by atoms with E-state index >= 15 is 0 Å². The Morgan fingerprint density at radius 1 is 1.67 bits per heavy atom. The largest absolute Gasteiger partial charge is 0.464 e. The number of unbranched alkanes of at least 4 members (excludes halogenated alkanes) is 2. The average Bonchev–Trinajstić information content (AvgIpc) is 2.01. The number of amides is 1. The van der Waals surface area contributed by atoms with Gasteiger partial charge in [-0.25, -0.2) is 4.79 Å². The van der Waals surface area contributed by atoms with Gasteiger partial charge in [-0.2, -0.15) is 12.6 Å². The van der Waals surface area contributed by atoms with E-state index in [9.17, 15) is 4.79 Å². The minimum Gasteiger partial charge on any atom is -0.464 e. The van der Waals surface area contributed by atoms with Crippen molar-refractivity contribution >= 4 is 30.7 Å². The molecule has 1 amide bonds. The Bertz CT molecular complexity index is 133. The van der Waals surface area contributed by atoms with E-state index in [4.69, 9.17) is 5.11 Å². The molecule has 1 unspecified atom stereocenters. The molecule has 0 aromatic carbocycles. The van der Waals surface area contributed by atoms with Crippen LogP contribution in [0, 0.1) is 0 Å². The minimum atomic E-state index is -1.01. The Kier molecular flexibility index (Phi) is 7.59. The molecule has 0 rings (SSSR count). The van der Waals surface area contributed by atoms with E-state index in [0.29, 0.717) is 0 Å². The Labute approximate surface area is 82.8 Å². The lowest BCUT2D eigenvalue weighted by atomic mass is 10.2. The second-order valence-corrected chi connectivity index (χ2v) is 4.46. The second-order valence-electron chi connectivity index (χ2n) is 2.48. The van der Waals surface area contributed by atoms with Crippen molar-refractivity contribution in [2.24, 2.45) is 0 Å². The summed E-state index contributed by atoms with van der Waals surface area (Å²) in [5.41, 5.74) is 0. The molecule has 0 aromatic heterocycles. The maximum Gasteiger partial charge on any atom is 0.414 e. The van der Waals surface area contributed by atoms with Crippen LogP contribution in [0.2, 0.25) is 0 Å². The maximum absolute atomic E-state index is 10.1. The summed E-state index contributed by atoms with van der Waals surface area (Å²) in [6.45, 7) is 2.14. The summed E-state index contributed by atoms with van der Waals surface area (Å²) in [6.07, 6.45) is 3.41. The normalized spacial score (nSPS) is 12.5. The van der Waals surface area contributed by atoms with Crippen LogP contribution in [-0.4, -0.2) is 15.8 Å². The van der Waals surface area contributed by atoms with Crippen molar-refractivity contribution in [3.05, 3.63) is 0 Å². The number of nitrogens with one attached hydrogen (secondary N) is 1. The van der Waals surface area contributed by atoms with Gasteiger partial charge in [0, 0.05) is 0 Å². The van der Waals surface area contributed by atoms with Crippen molar-refractivity contribution in [3.8, 4) is 0 Å². The Balaban J connectivity index is 3.21. The Morgan fingerprint density at radius 3 is 2.83 bits per heavy atom. The second kappa shape index (κ2) is 7.61. The average molecular weight is 209 g/mol. The lowest BCUT2D eigenvalue weighted by Gasteiger charge is -2.07. The third kappa shape index (κ3) is 8.07. The Hall–Kier alpha value is -0.0300. The molecule has 0 saturated carbocycles. The number of carboxylic acid groups (broad SMARTS) is 1. The summed E-state index contributed by atoms with van der Waals surface area (Å²) < 4.78 is 2.31. The number of hydrogen-bond acceptors (Lipinski definition) is 3. The van der Waals surface area contributed by atoms with E-state index in [1.54, 1.807) is 0 Å². The van der Waals surface area contributed by atoms with Gasteiger partial charge in [0.2, 0.25) is 0 Å². The van der Waals surface area contributed by atoms with Gasteiger partial charge in [0.1, 0.15) is 0 Å². The molecule has 0 radical (unpaired) electrons. The predicted octanol–water partition coefficient (Wildman–Crippen LogP) is 2.74. The molecule has 2 N–H and O–H groups in total. The van der Waals surface area contributed by atoms with E-state index in [1.165, 1.54) is 12.8 Å². The molecular weight excluding hydrogens is 194 g/mol. The zero-order valence-electron chi connectivity index (χ0n) is 7.12. The van der Waals surface area contributed by atoms with E-state index < -0.39 is 6.09 Å². The number of carbonyl (C=O) groups is 1. The number of rotatable bonds is 6. The zero-order chi connectivity index (χ0) is 9.40. The number of thiol groups is 1. The zero-order valence-corrected chi connectivity index (χ0v) is 8.83. The van der Waals surface area contributed by atoms with Crippen LogP contribution >= 0.6 is 24.6 Å². The van der Waals surface area contributed by atoms with Crippen LogP contribution < -0.4 is 4.72 Å². The molecule has 72 valence electrons. The standard InChI is InChI=1S/C7H15NO2S2/c1-2-3-4-5-6(11)12-8-7(9)10/h6,8,11H,2-5H2,1H3,(H,9,10). The first-order valence-electron chi connectivity index (χ1n) is 3.99. The first-order chi connectivity index (χ1) is 5.66. The first kappa shape index (κ1) is 12.0. The van der Waals surface area contributed by atoms with Crippen molar-refractivity contribution in [1.29, 1.82) is 0 Å². The molecule has 0 aliphatic rings. The van der Waals surface area contributed by atoms with Crippen LogP contribution in [0.4, 0.5) is 4.79 Å². The van der Waals surface area contributed by atoms with Crippen LogP contribution in [0.3, 0.4) is 0 Å². The van der Waals surface area contributed by atoms with Crippen LogP contribution in [-0.2, 0) is 0 Å². The SMILES string of the molecule is CCCCCC(S)SNC(=O)O. The lowest BCUT2D eigenvalue weighted by Crippen LogP contribution is -2.14. The highest BCUT2D eigenvalue weighted by Crippen LogP contribution is 2.17. The van der Waals surface area contributed by atoms with Crippen LogP contribution in [0.25, 0.3) is 0 Å². The summed E-state index contributed by atoms with van der Waals surface area (Å²) in [5.74, 6) is 0. The number of hydrogen-bond donors (Lipinski definition) is 3. The molecule has 0 saturated heterocycles. The van der Waals surface area contributed by atoms with Crippen molar-refractivity contribution in [2.45, 2.75) is 37.2 Å². The van der Waals surface area contributed by atoms with Crippen LogP contribution in [0.1, 0.15) is 32.6 Å².